The van der Waals surface area contributed by atoms with Crippen LogP contribution in [0.4, 0.5) is 0 Å². The first-order valence-electron chi connectivity index (χ1n) is 6.71. The second-order valence-electron chi connectivity index (χ2n) is 5.38. The number of piperazine rings is 1. The molecule has 102 valence electrons. The number of nitrogens with one attached hydrogen (secondary N) is 1. The van der Waals surface area contributed by atoms with Gasteiger partial charge in [0, 0.05) is 49.2 Å². The number of nitrogens with zero attached hydrogens (tertiary/aromatic N) is 2. The summed E-state index contributed by atoms with van der Waals surface area (Å²) in [5, 5.41) is 4.87. The minimum absolute atomic E-state index is 0. The van der Waals surface area contributed by atoms with Crippen molar-refractivity contribution >= 4 is 23.7 Å². The van der Waals surface area contributed by atoms with Crippen LogP contribution in [-0.4, -0.2) is 35.6 Å². The van der Waals surface area contributed by atoms with Crippen LogP contribution in [0, 0.1) is 0 Å². The summed E-state index contributed by atoms with van der Waals surface area (Å²) in [6, 6.07) is 0.628. The highest BCUT2D eigenvalue weighted by Gasteiger charge is 2.23. The predicted molar refractivity (Wildman–Crippen MR) is 78.7 cm³/mol. The average molecular weight is 288 g/mol. The van der Waals surface area contributed by atoms with Crippen molar-refractivity contribution in [3.8, 4) is 0 Å². The minimum Gasteiger partial charge on any atom is -0.312 e. The third kappa shape index (κ3) is 3.23. The van der Waals surface area contributed by atoms with Gasteiger partial charge in [0.25, 0.3) is 0 Å². The summed E-state index contributed by atoms with van der Waals surface area (Å²) < 4.78 is 0. The number of aromatic nitrogens is 1. The van der Waals surface area contributed by atoms with Gasteiger partial charge in [-0.3, -0.25) is 4.90 Å². The lowest BCUT2D eigenvalue weighted by atomic mass is 9.86. The van der Waals surface area contributed by atoms with Gasteiger partial charge >= 0.3 is 0 Å². The summed E-state index contributed by atoms with van der Waals surface area (Å²) in [4.78, 5) is 8.59. The lowest BCUT2D eigenvalue weighted by Crippen LogP contribution is -2.48. The molecule has 2 fully saturated rings. The van der Waals surface area contributed by atoms with Crippen LogP contribution in [0.15, 0.2) is 6.20 Å². The van der Waals surface area contributed by atoms with Gasteiger partial charge in [-0.05, 0) is 19.8 Å². The summed E-state index contributed by atoms with van der Waals surface area (Å²) in [7, 11) is 0. The molecule has 0 amide bonds. The summed E-state index contributed by atoms with van der Waals surface area (Å²) in [5.74, 6) is 0.788. The van der Waals surface area contributed by atoms with Crippen molar-refractivity contribution in [3.63, 3.8) is 0 Å². The summed E-state index contributed by atoms with van der Waals surface area (Å²) in [5.41, 5.74) is 0. The Morgan fingerprint density at radius 2 is 2.33 bits per heavy atom. The molecule has 2 aliphatic rings. The third-order valence-corrected chi connectivity index (χ3v) is 5.00. The highest BCUT2D eigenvalue weighted by molar-refractivity contribution is 7.11. The molecule has 0 bridgehead atoms. The van der Waals surface area contributed by atoms with E-state index in [1.54, 1.807) is 0 Å². The van der Waals surface area contributed by atoms with Gasteiger partial charge in [0.1, 0.15) is 0 Å². The van der Waals surface area contributed by atoms with Crippen molar-refractivity contribution in [2.45, 2.75) is 44.7 Å². The molecule has 0 spiro atoms. The zero-order valence-electron chi connectivity index (χ0n) is 10.9. The molecule has 3 rings (SSSR count). The first-order chi connectivity index (χ1) is 8.31. The van der Waals surface area contributed by atoms with Crippen LogP contribution in [0.3, 0.4) is 0 Å². The standard InChI is InChI=1S/C13H21N3S.ClH/c1-10-8-16(6-5-14-10)9-12-7-15-13(17-12)11-3-2-4-11;/h7,10-11,14H,2-6,8-9H2,1H3;1H/t10-;/m1./s1. The van der Waals surface area contributed by atoms with E-state index in [4.69, 9.17) is 0 Å². The first-order valence-corrected chi connectivity index (χ1v) is 7.53. The van der Waals surface area contributed by atoms with E-state index in [1.165, 1.54) is 35.7 Å². The number of hydrogen-bond donors (Lipinski definition) is 1. The Morgan fingerprint density at radius 3 is 3.00 bits per heavy atom. The Bertz CT molecular complexity index is 378. The molecule has 1 N–H and O–H groups in total. The van der Waals surface area contributed by atoms with Gasteiger partial charge in [0.05, 0.1) is 5.01 Å². The maximum absolute atomic E-state index is 4.60. The van der Waals surface area contributed by atoms with Crippen molar-refractivity contribution in [1.29, 1.82) is 0 Å². The Hall–Kier alpha value is -0.160. The van der Waals surface area contributed by atoms with Gasteiger partial charge in [-0.25, -0.2) is 4.98 Å². The zero-order valence-corrected chi connectivity index (χ0v) is 12.5. The highest BCUT2D eigenvalue weighted by Crippen LogP contribution is 2.38. The zero-order chi connectivity index (χ0) is 11.7. The van der Waals surface area contributed by atoms with Gasteiger partial charge in [0.2, 0.25) is 0 Å². The largest absolute Gasteiger partial charge is 0.312 e. The Balaban J connectivity index is 0.00000120. The van der Waals surface area contributed by atoms with Gasteiger partial charge in [-0.1, -0.05) is 6.42 Å². The Kier molecular flexibility index (Phi) is 5.01. The molecule has 1 saturated heterocycles. The molecule has 0 radical (unpaired) electrons. The normalized spacial score (nSPS) is 25.5. The Morgan fingerprint density at radius 1 is 1.50 bits per heavy atom. The maximum Gasteiger partial charge on any atom is 0.0959 e. The average Bonchev–Trinajstić information content (AvgIpc) is 2.63. The molecule has 1 aliphatic carbocycles. The van der Waals surface area contributed by atoms with Crippen LogP contribution in [-0.2, 0) is 6.54 Å². The van der Waals surface area contributed by atoms with Gasteiger partial charge < -0.3 is 5.32 Å². The Labute approximate surface area is 119 Å². The fourth-order valence-corrected chi connectivity index (χ4v) is 3.74. The molecule has 1 atom stereocenters. The van der Waals surface area contributed by atoms with E-state index in [0.29, 0.717) is 6.04 Å². The maximum atomic E-state index is 4.60. The fourth-order valence-electron chi connectivity index (χ4n) is 2.62. The molecular weight excluding hydrogens is 266 g/mol. The van der Waals surface area contributed by atoms with Crippen molar-refractivity contribution in [2.75, 3.05) is 19.6 Å². The third-order valence-electron chi connectivity index (χ3n) is 3.86. The fraction of sp³-hybridized carbons (Fsp3) is 0.769. The van der Waals surface area contributed by atoms with E-state index >= 15 is 0 Å². The molecule has 2 heterocycles. The van der Waals surface area contributed by atoms with Gasteiger partial charge in [0.15, 0.2) is 0 Å². The lowest BCUT2D eigenvalue weighted by Gasteiger charge is -2.31. The molecule has 0 unspecified atom stereocenters. The van der Waals surface area contributed by atoms with E-state index in [1.807, 2.05) is 11.3 Å². The molecule has 1 saturated carbocycles. The molecular formula is C13H22ClN3S. The molecule has 5 heteroatoms. The van der Waals surface area contributed by atoms with E-state index in [-0.39, 0.29) is 12.4 Å². The van der Waals surface area contributed by atoms with Crippen molar-refractivity contribution in [1.82, 2.24) is 15.2 Å². The van der Waals surface area contributed by atoms with E-state index < -0.39 is 0 Å². The molecule has 18 heavy (non-hydrogen) atoms. The number of rotatable bonds is 3. The van der Waals surface area contributed by atoms with Crippen LogP contribution in [0.25, 0.3) is 0 Å². The van der Waals surface area contributed by atoms with E-state index in [0.717, 1.165) is 25.6 Å². The molecule has 0 aromatic carbocycles. The van der Waals surface area contributed by atoms with Crippen LogP contribution < -0.4 is 5.32 Å². The number of halogens is 1. The SMILES string of the molecule is C[C@@H]1CN(Cc2cnc(C3CCC3)s2)CCN1.Cl. The minimum atomic E-state index is 0. The molecule has 1 aliphatic heterocycles. The van der Waals surface area contributed by atoms with Gasteiger partial charge in [-0.2, -0.15) is 0 Å². The van der Waals surface area contributed by atoms with Crippen molar-refractivity contribution in [2.24, 2.45) is 0 Å². The topological polar surface area (TPSA) is 28.2 Å². The number of hydrogen-bond acceptors (Lipinski definition) is 4. The summed E-state index contributed by atoms with van der Waals surface area (Å²) >= 11 is 1.94. The van der Waals surface area contributed by atoms with Crippen LogP contribution in [0.5, 0.6) is 0 Å². The smallest absolute Gasteiger partial charge is 0.0959 e. The number of thiazole rings is 1. The second-order valence-corrected chi connectivity index (χ2v) is 6.53. The van der Waals surface area contributed by atoms with Crippen LogP contribution in [0.1, 0.15) is 42.0 Å². The van der Waals surface area contributed by atoms with E-state index in [9.17, 15) is 0 Å². The second kappa shape index (κ2) is 6.33. The first kappa shape index (κ1) is 14.3. The lowest BCUT2D eigenvalue weighted by molar-refractivity contribution is 0.201. The van der Waals surface area contributed by atoms with Crippen LogP contribution in [0.2, 0.25) is 0 Å². The highest BCUT2D eigenvalue weighted by atomic mass is 35.5. The predicted octanol–water partition coefficient (Wildman–Crippen LogP) is 2.63. The quantitative estimate of drug-likeness (QED) is 0.926. The van der Waals surface area contributed by atoms with Crippen LogP contribution >= 0.6 is 23.7 Å². The molecule has 1 aromatic heterocycles. The summed E-state index contributed by atoms with van der Waals surface area (Å²) in [6.45, 7) is 6.81. The monoisotopic (exact) mass is 287 g/mol. The van der Waals surface area contributed by atoms with E-state index in [2.05, 4.69) is 28.3 Å². The van der Waals surface area contributed by atoms with Crippen molar-refractivity contribution in [3.05, 3.63) is 16.1 Å². The summed E-state index contributed by atoms with van der Waals surface area (Å²) in [6.07, 6.45) is 6.22. The van der Waals surface area contributed by atoms with Gasteiger partial charge in [-0.15, -0.1) is 23.7 Å². The van der Waals surface area contributed by atoms with Crippen molar-refractivity contribution < 1.29 is 0 Å². The molecule has 3 nitrogen and oxygen atoms in total. The molecule has 1 aromatic rings.